The zero-order valence-corrected chi connectivity index (χ0v) is 16.5. The zero-order valence-electron chi connectivity index (χ0n) is 16.5. The number of aldehydes is 1. The molecule has 0 aliphatic carbocycles. The van der Waals surface area contributed by atoms with Gasteiger partial charge in [0.1, 0.15) is 5.75 Å². The van der Waals surface area contributed by atoms with Gasteiger partial charge in [0.15, 0.2) is 6.29 Å². The van der Waals surface area contributed by atoms with Crippen LogP contribution in [0.2, 0.25) is 0 Å². The topological polar surface area (TPSA) is 88.5 Å². The molecule has 0 spiro atoms. The molecule has 6 nitrogen and oxygen atoms in total. The van der Waals surface area contributed by atoms with Gasteiger partial charge < -0.3 is 20.2 Å². The largest absolute Gasteiger partial charge is 0.496 e. The van der Waals surface area contributed by atoms with E-state index in [1.807, 2.05) is 31.3 Å². The van der Waals surface area contributed by atoms with Gasteiger partial charge in [-0.15, -0.1) is 0 Å². The van der Waals surface area contributed by atoms with Crippen molar-refractivity contribution in [3.63, 3.8) is 0 Å². The first kappa shape index (κ1) is 21.3. The Balaban J connectivity index is 2.48. The molecule has 148 valence electrons. The minimum Gasteiger partial charge on any atom is -0.496 e. The van der Waals surface area contributed by atoms with Gasteiger partial charge in [0.05, 0.1) is 20.1 Å². The summed E-state index contributed by atoms with van der Waals surface area (Å²) in [7, 11) is 3.39. The molecule has 0 radical (unpaired) electrons. The zero-order chi connectivity index (χ0) is 20.5. The van der Waals surface area contributed by atoms with E-state index in [1.54, 1.807) is 26.2 Å². The standard InChI is InChI=1S/C22H26N2O4/c1-4-28-22(26)10-15-5-8-21(27-3)20(9-15)19-7-6-16(11-17(19)14-25)18(12-23)13-24-2/h5-9,11-12,14,18,23-24H,4,10,13H2,1-3H3. The second-order valence-electron chi connectivity index (χ2n) is 6.31. The first-order valence-electron chi connectivity index (χ1n) is 9.15. The second-order valence-corrected chi connectivity index (χ2v) is 6.31. The van der Waals surface area contributed by atoms with E-state index in [9.17, 15) is 9.59 Å². The quantitative estimate of drug-likeness (QED) is 0.374. The van der Waals surface area contributed by atoms with Crippen molar-refractivity contribution in [3.05, 3.63) is 53.1 Å². The fourth-order valence-corrected chi connectivity index (χ4v) is 3.10. The Kier molecular flexibility index (Phi) is 7.89. The number of carbonyl (C=O) groups excluding carboxylic acids is 2. The van der Waals surface area contributed by atoms with Gasteiger partial charge in [-0.2, -0.15) is 0 Å². The smallest absolute Gasteiger partial charge is 0.310 e. The molecule has 2 aromatic carbocycles. The van der Waals surface area contributed by atoms with Crippen molar-refractivity contribution in [1.82, 2.24) is 5.32 Å². The number of rotatable bonds is 10. The maximum Gasteiger partial charge on any atom is 0.310 e. The molecule has 0 fully saturated rings. The van der Waals surface area contributed by atoms with Crippen molar-refractivity contribution in [2.24, 2.45) is 0 Å². The molecule has 1 atom stereocenters. The number of hydrogen-bond donors (Lipinski definition) is 2. The lowest BCUT2D eigenvalue weighted by Gasteiger charge is -2.16. The molecule has 2 aromatic rings. The van der Waals surface area contributed by atoms with E-state index in [4.69, 9.17) is 14.9 Å². The summed E-state index contributed by atoms with van der Waals surface area (Å²) in [6.45, 7) is 2.71. The molecule has 28 heavy (non-hydrogen) atoms. The SMILES string of the molecule is CCOC(=O)Cc1ccc(OC)c(-c2ccc(C(C=N)CNC)cc2C=O)c1. The van der Waals surface area contributed by atoms with Crippen LogP contribution in [-0.4, -0.2) is 45.8 Å². The molecule has 2 N–H and O–H groups in total. The first-order chi connectivity index (χ1) is 13.6. The van der Waals surface area contributed by atoms with Crippen molar-refractivity contribution in [1.29, 1.82) is 5.41 Å². The number of esters is 1. The predicted octanol–water partition coefficient (Wildman–Crippen LogP) is 3.23. The molecule has 1 unspecified atom stereocenters. The van der Waals surface area contributed by atoms with Gasteiger partial charge in [-0.05, 0) is 48.9 Å². The summed E-state index contributed by atoms with van der Waals surface area (Å²) in [6.07, 6.45) is 2.31. The van der Waals surface area contributed by atoms with E-state index >= 15 is 0 Å². The number of hydrogen-bond acceptors (Lipinski definition) is 6. The molecule has 0 bridgehead atoms. The maximum atomic E-state index is 11.8. The Labute approximate surface area is 165 Å². The van der Waals surface area contributed by atoms with Gasteiger partial charge >= 0.3 is 5.97 Å². The third-order valence-corrected chi connectivity index (χ3v) is 4.46. The molecule has 2 rings (SSSR count). The monoisotopic (exact) mass is 382 g/mol. The summed E-state index contributed by atoms with van der Waals surface area (Å²) >= 11 is 0. The van der Waals surface area contributed by atoms with Crippen molar-refractivity contribution >= 4 is 18.5 Å². The molecule has 0 saturated heterocycles. The molecular formula is C22H26N2O4. The molecule has 0 aliphatic heterocycles. The van der Waals surface area contributed by atoms with Crippen LogP contribution in [0.4, 0.5) is 0 Å². The number of nitrogens with one attached hydrogen (secondary N) is 2. The summed E-state index contributed by atoms with van der Waals surface area (Å²) in [4.78, 5) is 23.6. The lowest BCUT2D eigenvalue weighted by molar-refractivity contribution is -0.142. The van der Waals surface area contributed by atoms with Crippen LogP contribution < -0.4 is 10.1 Å². The van der Waals surface area contributed by atoms with Crippen LogP contribution in [-0.2, 0) is 16.0 Å². The van der Waals surface area contributed by atoms with Gasteiger partial charge in [0.2, 0.25) is 0 Å². The van der Waals surface area contributed by atoms with Gasteiger partial charge in [0, 0.05) is 29.8 Å². The van der Waals surface area contributed by atoms with Crippen LogP contribution >= 0.6 is 0 Å². The fourth-order valence-electron chi connectivity index (χ4n) is 3.10. The van der Waals surface area contributed by atoms with Crippen LogP contribution in [0.15, 0.2) is 36.4 Å². The van der Waals surface area contributed by atoms with E-state index in [-0.39, 0.29) is 18.3 Å². The molecule has 6 heteroatoms. The molecule has 0 aliphatic rings. The van der Waals surface area contributed by atoms with Gasteiger partial charge in [0.25, 0.3) is 0 Å². The summed E-state index contributed by atoms with van der Waals surface area (Å²) in [5.74, 6) is 0.197. The van der Waals surface area contributed by atoms with Crippen LogP contribution in [0.5, 0.6) is 5.75 Å². The van der Waals surface area contributed by atoms with Gasteiger partial charge in [-0.1, -0.05) is 18.2 Å². The summed E-state index contributed by atoms with van der Waals surface area (Å²) in [5, 5.41) is 10.7. The Hall–Kier alpha value is -2.99. The highest BCUT2D eigenvalue weighted by molar-refractivity contribution is 5.90. The lowest BCUT2D eigenvalue weighted by Crippen LogP contribution is -2.18. The van der Waals surface area contributed by atoms with E-state index in [0.717, 1.165) is 28.5 Å². The molecule has 0 aromatic heterocycles. The highest BCUT2D eigenvalue weighted by Crippen LogP contribution is 2.34. The summed E-state index contributed by atoms with van der Waals surface area (Å²) < 4.78 is 10.5. The van der Waals surface area contributed by atoms with Crippen LogP contribution in [0.3, 0.4) is 0 Å². The fraction of sp³-hybridized carbons (Fsp3) is 0.318. The number of methoxy groups -OCH3 is 1. The summed E-state index contributed by atoms with van der Waals surface area (Å²) in [6, 6.07) is 11.0. The van der Waals surface area contributed by atoms with E-state index in [0.29, 0.717) is 24.5 Å². The maximum absolute atomic E-state index is 11.8. The third-order valence-electron chi connectivity index (χ3n) is 4.46. The summed E-state index contributed by atoms with van der Waals surface area (Å²) in [5.41, 5.74) is 3.62. The van der Waals surface area contributed by atoms with Crippen molar-refractivity contribution in [2.45, 2.75) is 19.3 Å². The first-order valence-corrected chi connectivity index (χ1v) is 9.15. The van der Waals surface area contributed by atoms with E-state index < -0.39 is 0 Å². The molecule has 0 saturated carbocycles. The lowest BCUT2D eigenvalue weighted by atomic mass is 9.91. The van der Waals surface area contributed by atoms with Crippen molar-refractivity contribution in [3.8, 4) is 16.9 Å². The number of ether oxygens (including phenoxy) is 2. The number of benzene rings is 2. The second kappa shape index (κ2) is 10.4. The van der Waals surface area contributed by atoms with E-state index in [1.165, 1.54) is 6.21 Å². The Morgan fingerprint density at radius 3 is 2.61 bits per heavy atom. The van der Waals surface area contributed by atoms with Crippen LogP contribution in [0, 0.1) is 5.41 Å². The molecule has 0 amide bonds. The Morgan fingerprint density at radius 2 is 2.00 bits per heavy atom. The van der Waals surface area contributed by atoms with Gasteiger partial charge in [-0.25, -0.2) is 0 Å². The normalized spacial score (nSPS) is 11.5. The highest BCUT2D eigenvalue weighted by atomic mass is 16.5. The molecule has 0 heterocycles. The highest BCUT2D eigenvalue weighted by Gasteiger charge is 2.16. The van der Waals surface area contributed by atoms with Gasteiger partial charge in [-0.3, -0.25) is 9.59 Å². The minimum atomic E-state index is -0.300. The third kappa shape index (κ3) is 5.04. The Bertz CT molecular complexity index is 848. The number of carbonyl (C=O) groups is 2. The Morgan fingerprint density at radius 1 is 1.21 bits per heavy atom. The average molecular weight is 382 g/mol. The molecular weight excluding hydrogens is 356 g/mol. The minimum absolute atomic E-state index is 0.116. The average Bonchev–Trinajstić information content (AvgIpc) is 2.71. The van der Waals surface area contributed by atoms with E-state index in [2.05, 4.69) is 5.32 Å². The van der Waals surface area contributed by atoms with Crippen LogP contribution in [0.1, 0.15) is 34.3 Å². The van der Waals surface area contributed by atoms with Crippen molar-refractivity contribution < 1.29 is 19.1 Å². The number of likely N-dealkylation sites (N-methyl/N-ethyl adjacent to an activating group) is 1. The van der Waals surface area contributed by atoms with Crippen LogP contribution in [0.25, 0.3) is 11.1 Å². The predicted molar refractivity (Wildman–Crippen MR) is 110 cm³/mol. The van der Waals surface area contributed by atoms with Crippen molar-refractivity contribution in [2.75, 3.05) is 27.3 Å².